The van der Waals surface area contributed by atoms with Crippen molar-refractivity contribution < 1.29 is 4.74 Å². The van der Waals surface area contributed by atoms with Crippen LogP contribution in [-0.4, -0.2) is 22.1 Å². The van der Waals surface area contributed by atoms with Gasteiger partial charge in [0.15, 0.2) is 0 Å². The molecule has 2 aromatic heterocycles. The molecule has 0 fully saturated rings. The highest BCUT2D eigenvalue weighted by molar-refractivity contribution is 5.44. The third-order valence-electron chi connectivity index (χ3n) is 3.03. The fraction of sp³-hybridized carbons (Fsp3) is 0.231. The normalized spacial score (nSPS) is 12.9. The minimum absolute atomic E-state index is 0.372. The van der Waals surface area contributed by atoms with Crippen molar-refractivity contribution in [2.24, 2.45) is 0 Å². The first kappa shape index (κ1) is 11.4. The lowest BCUT2D eigenvalue weighted by atomic mass is 10.2. The smallest absolute Gasteiger partial charge is 0.227 e. The van der Waals surface area contributed by atoms with E-state index in [-0.39, 0.29) is 0 Å². The predicted molar refractivity (Wildman–Crippen MR) is 67.4 cm³/mol. The van der Waals surface area contributed by atoms with Gasteiger partial charge in [-0.25, -0.2) is 15.0 Å². The zero-order valence-electron chi connectivity index (χ0n) is 10.4. The molecular formula is C13H11N5O. The number of ether oxygens (including phenoxy) is 1. The Morgan fingerprint density at radius 2 is 2.16 bits per heavy atom. The van der Waals surface area contributed by atoms with Crippen LogP contribution in [0.2, 0.25) is 0 Å². The number of methoxy groups -OCH3 is 1. The lowest BCUT2D eigenvalue weighted by Crippen LogP contribution is -2.17. The van der Waals surface area contributed by atoms with Crippen LogP contribution < -0.4 is 9.64 Å². The van der Waals surface area contributed by atoms with Gasteiger partial charge in [-0.3, -0.25) is 0 Å². The molecule has 0 saturated heterocycles. The van der Waals surface area contributed by atoms with Crippen molar-refractivity contribution in [1.29, 1.82) is 5.26 Å². The van der Waals surface area contributed by atoms with Gasteiger partial charge in [-0.15, -0.1) is 0 Å². The van der Waals surface area contributed by atoms with Crippen molar-refractivity contribution in [2.75, 3.05) is 12.0 Å². The van der Waals surface area contributed by atoms with Gasteiger partial charge in [0, 0.05) is 31.5 Å². The minimum atomic E-state index is 0.372. The van der Waals surface area contributed by atoms with Crippen LogP contribution in [0.3, 0.4) is 0 Å². The summed E-state index contributed by atoms with van der Waals surface area (Å²) in [5.74, 6) is 1.17. The van der Waals surface area contributed by atoms with Gasteiger partial charge in [0.2, 0.25) is 11.8 Å². The molecule has 0 saturated carbocycles. The Kier molecular flexibility index (Phi) is 2.72. The van der Waals surface area contributed by atoms with Gasteiger partial charge in [-0.2, -0.15) is 5.26 Å². The maximum absolute atomic E-state index is 8.86. The first-order valence-corrected chi connectivity index (χ1v) is 5.80. The quantitative estimate of drug-likeness (QED) is 0.802. The van der Waals surface area contributed by atoms with Crippen molar-refractivity contribution in [3.63, 3.8) is 0 Å². The molecule has 1 aliphatic rings. The maximum Gasteiger partial charge on any atom is 0.227 e. The van der Waals surface area contributed by atoms with E-state index < -0.39 is 0 Å². The number of fused-ring (bicyclic) bond motifs is 1. The number of anilines is 1. The predicted octanol–water partition coefficient (Wildman–Crippen LogP) is 1.27. The molecular weight excluding hydrogens is 242 g/mol. The van der Waals surface area contributed by atoms with Crippen LogP contribution in [0.15, 0.2) is 24.5 Å². The molecule has 1 aliphatic heterocycles. The largest absolute Gasteiger partial charge is 0.481 e. The molecule has 0 aromatic carbocycles. The van der Waals surface area contributed by atoms with Gasteiger partial charge in [-0.05, 0) is 17.2 Å². The molecule has 94 valence electrons. The molecule has 2 aromatic rings. The lowest BCUT2D eigenvalue weighted by molar-refractivity contribution is 0.397. The van der Waals surface area contributed by atoms with Gasteiger partial charge in [-0.1, -0.05) is 0 Å². The third-order valence-corrected chi connectivity index (χ3v) is 3.03. The standard InChI is InChI=1S/C13H11N5O/c1-19-12-4-9-7-18(8-10(9)6-16-12)13-15-3-2-11(5-14)17-13/h2-4,6H,7-8H2,1H3. The number of rotatable bonds is 2. The second kappa shape index (κ2) is 4.53. The highest BCUT2D eigenvalue weighted by Gasteiger charge is 2.22. The van der Waals surface area contributed by atoms with Crippen molar-refractivity contribution in [3.8, 4) is 11.9 Å². The second-order valence-corrected chi connectivity index (χ2v) is 4.21. The molecule has 19 heavy (non-hydrogen) atoms. The first-order chi connectivity index (χ1) is 9.30. The van der Waals surface area contributed by atoms with E-state index in [9.17, 15) is 0 Å². The summed E-state index contributed by atoms with van der Waals surface area (Å²) in [6, 6.07) is 5.53. The number of hydrogen-bond donors (Lipinski definition) is 0. The average Bonchev–Trinajstić information content (AvgIpc) is 2.90. The van der Waals surface area contributed by atoms with Crippen LogP contribution in [0, 0.1) is 11.3 Å². The molecule has 6 heteroatoms. The molecule has 0 unspecified atom stereocenters. The summed E-state index contributed by atoms with van der Waals surface area (Å²) in [7, 11) is 1.60. The SMILES string of the molecule is COc1cc2c(cn1)CN(c1nccc(C#N)n1)C2. The van der Waals surface area contributed by atoms with Crippen LogP contribution >= 0.6 is 0 Å². The first-order valence-electron chi connectivity index (χ1n) is 5.80. The molecule has 3 rings (SSSR count). The van der Waals surface area contributed by atoms with Crippen LogP contribution in [-0.2, 0) is 13.1 Å². The van der Waals surface area contributed by atoms with E-state index >= 15 is 0 Å². The molecule has 0 N–H and O–H groups in total. The van der Waals surface area contributed by atoms with E-state index in [0.717, 1.165) is 11.1 Å². The summed E-state index contributed by atoms with van der Waals surface area (Å²) in [5, 5.41) is 8.86. The van der Waals surface area contributed by atoms with Gasteiger partial charge in [0.05, 0.1) is 7.11 Å². The Morgan fingerprint density at radius 3 is 2.95 bits per heavy atom. The number of hydrogen-bond acceptors (Lipinski definition) is 6. The van der Waals surface area contributed by atoms with Crippen molar-refractivity contribution in [3.05, 3.63) is 41.3 Å². The lowest BCUT2D eigenvalue weighted by Gasteiger charge is -2.14. The van der Waals surface area contributed by atoms with E-state index in [1.165, 1.54) is 0 Å². The minimum Gasteiger partial charge on any atom is -0.481 e. The van der Waals surface area contributed by atoms with Crippen LogP contribution in [0.5, 0.6) is 5.88 Å². The maximum atomic E-state index is 8.86. The highest BCUT2D eigenvalue weighted by Crippen LogP contribution is 2.27. The van der Waals surface area contributed by atoms with Gasteiger partial charge in [0.1, 0.15) is 11.8 Å². The Hall–Kier alpha value is -2.68. The summed E-state index contributed by atoms with van der Waals surface area (Å²) in [6.07, 6.45) is 3.41. The summed E-state index contributed by atoms with van der Waals surface area (Å²) >= 11 is 0. The summed E-state index contributed by atoms with van der Waals surface area (Å²) in [5.41, 5.74) is 2.65. The van der Waals surface area contributed by atoms with E-state index in [1.54, 1.807) is 19.4 Å². The third kappa shape index (κ3) is 2.06. The second-order valence-electron chi connectivity index (χ2n) is 4.21. The summed E-state index contributed by atoms with van der Waals surface area (Å²) in [4.78, 5) is 14.6. The number of aromatic nitrogens is 3. The Bertz CT molecular complexity index is 664. The Balaban J connectivity index is 1.89. The van der Waals surface area contributed by atoms with E-state index in [1.807, 2.05) is 23.2 Å². The summed E-state index contributed by atoms with van der Waals surface area (Å²) < 4.78 is 5.11. The topological polar surface area (TPSA) is 74.9 Å². The number of nitrogens with zero attached hydrogens (tertiary/aromatic N) is 5. The molecule has 0 amide bonds. The Labute approximate surface area is 110 Å². The average molecular weight is 253 g/mol. The van der Waals surface area contributed by atoms with Crippen molar-refractivity contribution in [2.45, 2.75) is 13.1 Å². The van der Waals surface area contributed by atoms with Gasteiger partial charge >= 0.3 is 0 Å². The van der Waals surface area contributed by atoms with Crippen LogP contribution in [0.1, 0.15) is 16.8 Å². The van der Waals surface area contributed by atoms with Crippen LogP contribution in [0.4, 0.5) is 5.95 Å². The fourth-order valence-electron chi connectivity index (χ4n) is 2.08. The molecule has 6 nitrogen and oxygen atoms in total. The molecule has 0 spiro atoms. The zero-order chi connectivity index (χ0) is 13.2. The van der Waals surface area contributed by atoms with E-state index in [4.69, 9.17) is 10.00 Å². The molecule has 0 radical (unpaired) electrons. The highest BCUT2D eigenvalue weighted by atomic mass is 16.5. The van der Waals surface area contributed by atoms with Crippen molar-refractivity contribution in [1.82, 2.24) is 15.0 Å². The molecule has 0 atom stereocenters. The monoisotopic (exact) mass is 253 g/mol. The van der Waals surface area contributed by atoms with E-state index in [0.29, 0.717) is 30.6 Å². The Morgan fingerprint density at radius 1 is 1.32 bits per heavy atom. The number of nitriles is 1. The molecule has 3 heterocycles. The molecule has 0 aliphatic carbocycles. The van der Waals surface area contributed by atoms with E-state index in [2.05, 4.69) is 15.0 Å². The zero-order valence-corrected chi connectivity index (χ0v) is 10.4. The van der Waals surface area contributed by atoms with Gasteiger partial charge in [0.25, 0.3) is 0 Å². The van der Waals surface area contributed by atoms with Gasteiger partial charge < -0.3 is 9.64 Å². The van der Waals surface area contributed by atoms with Crippen molar-refractivity contribution >= 4 is 5.95 Å². The fourth-order valence-corrected chi connectivity index (χ4v) is 2.08. The summed E-state index contributed by atoms with van der Waals surface area (Å²) in [6.45, 7) is 1.39. The number of pyridine rings is 1. The molecule has 0 bridgehead atoms. The van der Waals surface area contributed by atoms with Crippen LogP contribution in [0.25, 0.3) is 0 Å².